The van der Waals surface area contributed by atoms with Crippen LogP contribution in [0.2, 0.25) is 0 Å². The van der Waals surface area contributed by atoms with Gasteiger partial charge in [0.1, 0.15) is 16.4 Å². The second-order valence-electron chi connectivity index (χ2n) is 5.22. The van der Waals surface area contributed by atoms with E-state index in [9.17, 15) is 12.8 Å². The minimum Gasteiger partial charge on any atom is -0.313 e. The average molecular weight is 361 g/mol. The fourth-order valence-electron chi connectivity index (χ4n) is 2.44. The van der Waals surface area contributed by atoms with Crippen molar-refractivity contribution in [2.75, 3.05) is 13.1 Å². The van der Waals surface area contributed by atoms with E-state index in [1.807, 2.05) is 0 Å². The van der Waals surface area contributed by atoms with Crippen molar-refractivity contribution in [1.82, 2.24) is 19.8 Å². The fourth-order valence-corrected chi connectivity index (χ4v) is 3.45. The molecule has 2 N–H and O–H groups in total. The second-order valence-corrected chi connectivity index (χ2v) is 6.98. The molecule has 1 unspecified atom stereocenters. The van der Waals surface area contributed by atoms with E-state index < -0.39 is 15.8 Å². The number of nitrogens with one attached hydrogen (secondary N) is 2. The van der Waals surface area contributed by atoms with E-state index in [1.54, 1.807) is 12.1 Å². The number of hydrogen-bond donors (Lipinski definition) is 2. The number of aromatic nitrogens is 2. The van der Waals surface area contributed by atoms with Gasteiger partial charge in [-0.3, -0.25) is 0 Å². The number of nitrogens with zero attached hydrogens (tertiary/aromatic N) is 2. The van der Waals surface area contributed by atoms with Crippen molar-refractivity contribution in [1.29, 1.82) is 0 Å². The van der Waals surface area contributed by atoms with E-state index in [-0.39, 0.29) is 29.0 Å². The summed E-state index contributed by atoms with van der Waals surface area (Å²) >= 11 is 0. The lowest BCUT2D eigenvalue weighted by molar-refractivity contribution is 0.551. The van der Waals surface area contributed by atoms with Crippen molar-refractivity contribution in [2.24, 2.45) is 0 Å². The summed E-state index contributed by atoms with van der Waals surface area (Å²) in [7, 11) is -3.64. The largest absolute Gasteiger partial charge is 0.313 e. The van der Waals surface area contributed by atoms with Crippen molar-refractivity contribution in [3.8, 4) is 5.69 Å². The quantitative estimate of drug-likeness (QED) is 0.846. The molecule has 1 atom stereocenters. The van der Waals surface area contributed by atoms with Crippen LogP contribution in [0.3, 0.4) is 0 Å². The molecule has 1 aromatic carbocycles. The zero-order valence-corrected chi connectivity index (χ0v) is 13.9. The third-order valence-electron chi connectivity index (χ3n) is 3.65. The van der Waals surface area contributed by atoms with E-state index in [4.69, 9.17) is 0 Å². The predicted octanol–water partition coefficient (Wildman–Crippen LogP) is 1.46. The predicted molar refractivity (Wildman–Crippen MR) is 87.0 cm³/mol. The van der Waals surface area contributed by atoms with Crippen LogP contribution < -0.4 is 10.0 Å². The molecule has 0 spiro atoms. The Morgan fingerprint density at radius 3 is 2.87 bits per heavy atom. The molecular weight excluding hydrogens is 343 g/mol. The average Bonchev–Trinajstić information content (AvgIpc) is 3.18. The number of sulfonamides is 1. The van der Waals surface area contributed by atoms with Gasteiger partial charge in [-0.25, -0.2) is 22.2 Å². The van der Waals surface area contributed by atoms with Gasteiger partial charge >= 0.3 is 0 Å². The fraction of sp³-hybridized carbons (Fsp3) is 0.357. The Labute approximate surface area is 140 Å². The first-order chi connectivity index (χ1) is 10.6. The van der Waals surface area contributed by atoms with Crippen molar-refractivity contribution in [2.45, 2.75) is 23.8 Å². The third kappa shape index (κ3) is 4.08. The zero-order chi connectivity index (χ0) is 15.6. The van der Waals surface area contributed by atoms with Crippen LogP contribution in [0.1, 0.15) is 12.8 Å². The van der Waals surface area contributed by atoms with Crippen molar-refractivity contribution < 1.29 is 12.8 Å². The highest BCUT2D eigenvalue weighted by atomic mass is 35.5. The first kappa shape index (κ1) is 17.9. The summed E-state index contributed by atoms with van der Waals surface area (Å²) in [5, 5.41) is 7.16. The maximum absolute atomic E-state index is 13.7. The van der Waals surface area contributed by atoms with Gasteiger partial charge in [0.2, 0.25) is 10.0 Å². The third-order valence-corrected chi connectivity index (χ3v) is 5.03. The van der Waals surface area contributed by atoms with Gasteiger partial charge in [-0.15, -0.1) is 12.4 Å². The van der Waals surface area contributed by atoms with Gasteiger partial charge in [0, 0.05) is 12.6 Å². The van der Waals surface area contributed by atoms with Crippen LogP contribution in [0.15, 0.2) is 41.6 Å². The molecule has 1 aliphatic heterocycles. The van der Waals surface area contributed by atoms with E-state index in [1.165, 1.54) is 29.2 Å². The zero-order valence-electron chi connectivity index (χ0n) is 12.3. The van der Waals surface area contributed by atoms with Crippen molar-refractivity contribution >= 4 is 22.4 Å². The molecule has 23 heavy (non-hydrogen) atoms. The molecule has 0 amide bonds. The lowest BCUT2D eigenvalue weighted by Gasteiger charge is -2.10. The topological polar surface area (TPSA) is 76.0 Å². The van der Waals surface area contributed by atoms with E-state index >= 15 is 0 Å². The normalized spacial score (nSPS) is 17.9. The highest BCUT2D eigenvalue weighted by molar-refractivity contribution is 7.89. The Hall–Kier alpha value is -1.48. The molecule has 1 aromatic heterocycles. The Morgan fingerprint density at radius 1 is 1.39 bits per heavy atom. The maximum atomic E-state index is 13.7. The van der Waals surface area contributed by atoms with Gasteiger partial charge in [-0.1, -0.05) is 12.1 Å². The highest BCUT2D eigenvalue weighted by Gasteiger charge is 2.21. The Kier molecular flexibility index (Phi) is 5.74. The molecule has 0 radical (unpaired) electrons. The SMILES string of the molecule is Cl.O=S(=O)(NCC1CCCN1)c1cnn(-c2ccccc2F)c1. The summed E-state index contributed by atoms with van der Waals surface area (Å²) in [6.07, 6.45) is 4.54. The first-order valence-corrected chi connectivity index (χ1v) is 8.57. The monoisotopic (exact) mass is 360 g/mol. The molecule has 2 heterocycles. The summed E-state index contributed by atoms with van der Waals surface area (Å²) in [5.41, 5.74) is 0.210. The van der Waals surface area contributed by atoms with Gasteiger partial charge < -0.3 is 5.32 Å². The van der Waals surface area contributed by atoms with Crippen LogP contribution in [-0.4, -0.2) is 37.3 Å². The molecule has 6 nitrogen and oxygen atoms in total. The first-order valence-electron chi connectivity index (χ1n) is 7.09. The van der Waals surface area contributed by atoms with Crippen LogP contribution >= 0.6 is 12.4 Å². The van der Waals surface area contributed by atoms with Crippen LogP contribution in [0.5, 0.6) is 0 Å². The van der Waals surface area contributed by atoms with Crippen LogP contribution in [0.4, 0.5) is 4.39 Å². The Morgan fingerprint density at radius 2 is 2.17 bits per heavy atom. The number of hydrogen-bond acceptors (Lipinski definition) is 4. The van der Waals surface area contributed by atoms with Crippen LogP contribution in [0, 0.1) is 5.82 Å². The highest BCUT2D eigenvalue weighted by Crippen LogP contribution is 2.15. The summed E-state index contributed by atoms with van der Waals surface area (Å²) in [6, 6.07) is 6.23. The molecule has 0 saturated carbocycles. The number of benzene rings is 1. The molecule has 2 aromatic rings. The summed E-state index contributed by atoms with van der Waals surface area (Å²) in [4.78, 5) is 0.0220. The Bertz CT molecular complexity index is 760. The summed E-state index contributed by atoms with van der Waals surface area (Å²) in [5.74, 6) is -0.460. The van der Waals surface area contributed by atoms with E-state index in [0.717, 1.165) is 19.4 Å². The van der Waals surface area contributed by atoms with Gasteiger partial charge in [-0.2, -0.15) is 5.10 Å². The molecule has 126 valence electrons. The van der Waals surface area contributed by atoms with E-state index in [2.05, 4.69) is 15.1 Å². The number of rotatable bonds is 5. The van der Waals surface area contributed by atoms with Crippen molar-refractivity contribution in [3.05, 3.63) is 42.5 Å². The molecule has 0 aliphatic carbocycles. The molecule has 0 bridgehead atoms. The van der Waals surface area contributed by atoms with Crippen LogP contribution in [-0.2, 0) is 10.0 Å². The smallest absolute Gasteiger partial charge is 0.243 e. The molecular formula is C14H18ClFN4O2S. The molecule has 1 aliphatic rings. The lowest BCUT2D eigenvalue weighted by Crippen LogP contribution is -2.37. The summed E-state index contributed by atoms with van der Waals surface area (Å²) < 4.78 is 41.9. The molecule has 3 rings (SSSR count). The maximum Gasteiger partial charge on any atom is 0.243 e. The molecule has 1 fully saturated rings. The van der Waals surface area contributed by atoms with Gasteiger partial charge in [0.15, 0.2) is 0 Å². The summed E-state index contributed by atoms with van der Waals surface area (Å²) in [6.45, 7) is 1.25. The van der Waals surface area contributed by atoms with Gasteiger partial charge in [0.05, 0.1) is 12.4 Å². The second kappa shape index (κ2) is 7.39. The number of halogens is 2. The minimum absolute atomic E-state index is 0. The van der Waals surface area contributed by atoms with Crippen molar-refractivity contribution in [3.63, 3.8) is 0 Å². The standard InChI is InChI=1S/C14H17FN4O2S.ClH/c15-13-5-1-2-6-14(13)19-10-12(9-17-19)22(20,21)18-8-11-4-3-7-16-11;/h1-2,5-6,9-11,16,18H,3-4,7-8H2;1H. The Balaban J connectivity index is 0.00000192. The molecule has 9 heteroatoms. The van der Waals surface area contributed by atoms with Gasteiger partial charge in [0.25, 0.3) is 0 Å². The minimum atomic E-state index is -3.64. The lowest BCUT2D eigenvalue weighted by atomic mass is 10.2. The number of para-hydroxylation sites is 1. The van der Waals surface area contributed by atoms with E-state index in [0.29, 0.717) is 6.54 Å². The van der Waals surface area contributed by atoms with Gasteiger partial charge in [-0.05, 0) is 31.5 Å². The molecule has 1 saturated heterocycles. The van der Waals surface area contributed by atoms with Crippen LogP contribution in [0.25, 0.3) is 5.69 Å².